The Bertz CT molecular complexity index is 309. The number of phenols is 1. The predicted octanol–water partition coefficient (Wildman–Crippen LogP) is 0.549. The number of benzene rings is 1. The molecule has 0 radical (unpaired) electrons. The van der Waals surface area contributed by atoms with Crippen molar-refractivity contribution in [3.05, 3.63) is 29.3 Å². The molecule has 1 rings (SSSR count). The topological polar surface area (TPSA) is 83.5 Å². The number of carboxylic acids is 1. The van der Waals surface area contributed by atoms with E-state index in [-0.39, 0.29) is 17.9 Å². The van der Waals surface area contributed by atoms with Crippen LogP contribution in [0.25, 0.3) is 0 Å². The Balaban J connectivity index is 3.15. The molecule has 0 aromatic heterocycles. The van der Waals surface area contributed by atoms with Crippen molar-refractivity contribution in [2.75, 3.05) is 0 Å². The molecule has 0 aliphatic carbocycles. The number of phenolic OH excluding ortho intramolecular Hbond substituents is 1. The zero-order valence-corrected chi connectivity index (χ0v) is 6.32. The molecule has 4 N–H and O–H groups in total. The molecule has 1 aromatic rings. The fourth-order valence-corrected chi connectivity index (χ4v) is 0.915. The van der Waals surface area contributed by atoms with Crippen molar-refractivity contribution in [2.24, 2.45) is 5.73 Å². The van der Waals surface area contributed by atoms with E-state index in [9.17, 15) is 4.79 Å². The van der Waals surface area contributed by atoms with E-state index in [1.165, 1.54) is 18.2 Å². The van der Waals surface area contributed by atoms with Crippen molar-refractivity contribution < 1.29 is 15.0 Å². The Kier molecular flexibility index (Phi) is 2.30. The Labute approximate surface area is 69.3 Å². The van der Waals surface area contributed by atoms with Gasteiger partial charge < -0.3 is 15.9 Å². The standard InChI is InChI=1S/C8H9NO3/c9-4-5-1-6(8(11)12)3-7(10)2-5/h1-3,10H,4,9H2,(H,11,12). The molecule has 12 heavy (non-hydrogen) atoms. The van der Waals surface area contributed by atoms with E-state index in [0.29, 0.717) is 5.56 Å². The first-order valence-electron chi connectivity index (χ1n) is 3.40. The first kappa shape index (κ1) is 8.55. The lowest BCUT2D eigenvalue weighted by molar-refractivity contribution is 0.0696. The van der Waals surface area contributed by atoms with Crippen LogP contribution in [0.2, 0.25) is 0 Å². The number of aromatic carboxylic acids is 1. The molecule has 0 aliphatic rings. The van der Waals surface area contributed by atoms with Crippen LogP contribution in [0.1, 0.15) is 15.9 Å². The molecule has 0 atom stereocenters. The average molecular weight is 167 g/mol. The van der Waals surface area contributed by atoms with Crippen molar-refractivity contribution in [1.29, 1.82) is 0 Å². The largest absolute Gasteiger partial charge is 0.508 e. The fraction of sp³-hybridized carbons (Fsp3) is 0.125. The highest BCUT2D eigenvalue weighted by Gasteiger charge is 2.04. The summed E-state index contributed by atoms with van der Waals surface area (Å²) in [6.07, 6.45) is 0. The highest BCUT2D eigenvalue weighted by molar-refractivity contribution is 5.88. The van der Waals surface area contributed by atoms with E-state index in [0.717, 1.165) is 0 Å². The average Bonchev–Trinajstić information content (AvgIpc) is 2.03. The van der Waals surface area contributed by atoms with E-state index in [1.54, 1.807) is 0 Å². The van der Waals surface area contributed by atoms with Gasteiger partial charge in [0.05, 0.1) is 5.56 Å². The summed E-state index contributed by atoms with van der Waals surface area (Å²) >= 11 is 0. The maximum Gasteiger partial charge on any atom is 0.335 e. The lowest BCUT2D eigenvalue weighted by Crippen LogP contribution is -2.01. The minimum Gasteiger partial charge on any atom is -0.508 e. The van der Waals surface area contributed by atoms with E-state index in [4.69, 9.17) is 15.9 Å². The van der Waals surface area contributed by atoms with E-state index < -0.39 is 5.97 Å². The summed E-state index contributed by atoms with van der Waals surface area (Å²) in [5.74, 6) is -1.14. The van der Waals surface area contributed by atoms with E-state index in [2.05, 4.69) is 0 Å². The summed E-state index contributed by atoms with van der Waals surface area (Å²) in [5.41, 5.74) is 5.94. The van der Waals surface area contributed by atoms with Crippen LogP contribution in [-0.2, 0) is 6.54 Å². The number of rotatable bonds is 2. The minimum absolute atomic E-state index is 0.0513. The first-order valence-corrected chi connectivity index (χ1v) is 3.40. The third-order valence-corrected chi connectivity index (χ3v) is 1.46. The van der Waals surface area contributed by atoms with Crippen LogP contribution in [0.15, 0.2) is 18.2 Å². The molecule has 0 saturated carbocycles. The van der Waals surface area contributed by atoms with Gasteiger partial charge in [-0.3, -0.25) is 0 Å². The number of carbonyl (C=O) groups is 1. The lowest BCUT2D eigenvalue weighted by atomic mass is 10.1. The number of hydrogen-bond donors (Lipinski definition) is 3. The van der Waals surface area contributed by atoms with E-state index in [1.807, 2.05) is 0 Å². The molecular weight excluding hydrogens is 158 g/mol. The van der Waals surface area contributed by atoms with Crippen molar-refractivity contribution in [3.8, 4) is 5.75 Å². The molecule has 0 amide bonds. The smallest absolute Gasteiger partial charge is 0.335 e. The van der Waals surface area contributed by atoms with Gasteiger partial charge in [-0.1, -0.05) is 0 Å². The van der Waals surface area contributed by atoms with Crippen LogP contribution >= 0.6 is 0 Å². The highest BCUT2D eigenvalue weighted by atomic mass is 16.4. The molecule has 0 spiro atoms. The highest BCUT2D eigenvalue weighted by Crippen LogP contribution is 2.15. The molecule has 0 fully saturated rings. The summed E-state index contributed by atoms with van der Waals surface area (Å²) in [6.45, 7) is 0.217. The van der Waals surface area contributed by atoms with Gasteiger partial charge in [-0.15, -0.1) is 0 Å². The summed E-state index contributed by atoms with van der Waals surface area (Å²) in [5, 5.41) is 17.6. The van der Waals surface area contributed by atoms with Crippen LogP contribution in [-0.4, -0.2) is 16.2 Å². The molecule has 0 unspecified atom stereocenters. The maximum atomic E-state index is 10.5. The Morgan fingerprint density at radius 2 is 2.08 bits per heavy atom. The van der Waals surface area contributed by atoms with Gasteiger partial charge in [0, 0.05) is 6.54 Å². The second-order valence-corrected chi connectivity index (χ2v) is 2.40. The minimum atomic E-state index is -1.07. The quantitative estimate of drug-likeness (QED) is 0.600. The van der Waals surface area contributed by atoms with Gasteiger partial charge in [0.15, 0.2) is 0 Å². The van der Waals surface area contributed by atoms with Crippen LogP contribution in [0.5, 0.6) is 5.75 Å². The molecule has 4 heteroatoms. The molecule has 0 heterocycles. The summed E-state index contributed by atoms with van der Waals surface area (Å²) in [7, 11) is 0. The van der Waals surface area contributed by atoms with Crippen LogP contribution in [0.4, 0.5) is 0 Å². The molecule has 0 bridgehead atoms. The summed E-state index contributed by atoms with van der Waals surface area (Å²) in [6, 6.07) is 4.05. The zero-order chi connectivity index (χ0) is 9.14. The van der Waals surface area contributed by atoms with Crippen LogP contribution in [0.3, 0.4) is 0 Å². The monoisotopic (exact) mass is 167 g/mol. The number of aromatic hydroxyl groups is 1. The Hall–Kier alpha value is -1.55. The summed E-state index contributed by atoms with van der Waals surface area (Å²) < 4.78 is 0. The van der Waals surface area contributed by atoms with E-state index >= 15 is 0 Å². The Morgan fingerprint density at radius 3 is 2.58 bits per heavy atom. The second kappa shape index (κ2) is 3.23. The Morgan fingerprint density at radius 1 is 1.42 bits per heavy atom. The third kappa shape index (κ3) is 1.73. The van der Waals surface area contributed by atoms with Crippen LogP contribution in [0, 0.1) is 0 Å². The van der Waals surface area contributed by atoms with Crippen molar-refractivity contribution in [2.45, 2.75) is 6.54 Å². The van der Waals surface area contributed by atoms with Gasteiger partial charge >= 0.3 is 5.97 Å². The predicted molar refractivity (Wildman–Crippen MR) is 43.0 cm³/mol. The normalized spacial score (nSPS) is 9.75. The molecule has 0 aliphatic heterocycles. The van der Waals surface area contributed by atoms with Gasteiger partial charge in [0.1, 0.15) is 5.75 Å². The molecule has 1 aromatic carbocycles. The van der Waals surface area contributed by atoms with Crippen molar-refractivity contribution in [1.82, 2.24) is 0 Å². The lowest BCUT2D eigenvalue weighted by Gasteiger charge is -2.00. The number of hydrogen-bond acceptors (Lipinski definition) is 3. The second-order valence-electron chi connectivity index (χ2n) is 2.40. The molecule has 4 nitrogen and oxygen atoms in total. The van der Waals surface area contributed by atoms with Gasteiger partial charge in [-0.05, 0) is 23.8 Å². The van der Waals surface area contributed by atoms with Crippen LogP contribution < -0.4 is 5.73 Å². The first-order chi connectivity index (χ1) is 5.63. The van der Waals surface area contributed by atoms with Gasteiger partial charge in [-0.2, -0.15) is 0 Å². The third-order valence-electron chi connectivity index (χ3n) is 1.46. The fourth-order valence-electron chi connectivity index (χ4n) is 0.915. The van der Waals surface area contributed by atoms with Gasteiger partial charge in [0.25, 0.3) is 0 Å². The van der Waals surface area contributed by atoms with Crippen molar-refractivity contribution in [3.63, 3.8) is 0 Å². The SMILES string of the molecule is NCc1cc(O)cc(C(=O)O)c1. The number of carboxylic acid groups (broad SMARTS) is 1. The van der Waals surface area contributed by atoms with Gasteiger partial charge in [-0.25, -0.2) is 4.79 Å². The zero-order valence-electron chi connectivity index (χ0n) is 6.32. The molecule has 0 saturated heterocycles. The maximum absolute atomic E-state index is 10.5. The van der Waals surface area contributed by atoms with Crippen molar-refractivity contribution >= 4 is 5.97 Å². The number of nitrogens with two attached hydrogens (primary N) is 1. The molecule has 64 valence electrons. The van der Waals surface area contributed by atoms with Gasteiger partial charge in [0.2, 0.25) is 0 Å². The molecular formula is C8H9NO3. The summed E-state index contributed by atoms with van der Waals surface area (Å²) in [4.78, 5) is 10.5.